The maximum absolute atomic E-state index is 12.3. The molecule has 1 aliphatic heterocycles. The van der Waals surface area contributed by atoms with E-state index < -0.39 is 6.10 Å². The molecule has 0 radical (unpaired) electrons. The van der Waals surface area contributed by atoms with E-state index in [0.717, 1.165) is 0 Å². The molecule has 3 rings (SSSR count). The van der Waals surface area contributed by atoms with Gasteiger partial charge in [-0.2, -0.15) is 0 Å². The Labute approximate surface area is 153 Å². The van der Waals surface area contributed by atoms with E-state index in [-0.39, 0.29) is 5.91 Å². The lowest BCUT2D eigenvalue weighted by Gasteiger charge is -2.20. The minimum Gasteiger partial charge on any atom is -0.486 e. The van der Waals surface area contributed by atoms with Crippen LogP contribution in [0.3, 0.4) is 0 Å². The highest BCUT2D eigenvalue weighted by molar-refractivity contribution is 9.10. The zero-order chi connectivity index (χ0) is 17.1. The van der Waals surface area contributed by atoms with Gasteiger partial charge < -0.3 is 19.5 Å². The molecule has 24 heavy (non-hydrogen) atoms. The number of hydrogen-bond donors (Lipinski definition) is 1. The van der Waals surface area contributed by atoms with Gasteiger partial charge in [0, 0.05) is 16.8 Å². The number of hydrogen-bond acceptors (Lipinski definition) is 4. The molecule has 1 amide bonds. The Balaban J connectivity index is 1.65. The zero-order valence-corrected chi connectivity index (χ0v) is 15.2. The monoisotopic (exact) mass is 411 g/mol. The van der Waals surface area contributed by atoms with E-state index in [4.69, 9.17) is 25.8 Å². The fourth-order valence-corrected chi connectivity index (χ4v) is 2.96. The minimum absolute atomic E-state index is 0.270. The van der Waals surface area contributed by atoms with Crippen molar-refractivity contribution in [3.05, 3.63) is 45.9 Å². The molecule has 1 heterocycles. The molecule has 1 aliphatic rings. The van der Waals surface area contributed by atoms with Crippen LogP contribution in [0.15, 0.2) is 40.9 Å². The van der Waals surface area contributed by atoms with Crippen molar-refractivity contribution in [2.75, 3.05) is 18.5 Å². The lowest BCUT2D eigenvalue weighted by atomic mass is 10.2. The zero-order valence-electron chi connectivity index (χ0n) is 12.8. The largest absolute Gasteiger partial charge is 0.486 e. The molecular formula is C17H15BrClNO4. The fraction of sp³-hybridized carbons (Fsp3) is 0.235. The molecule has 0 saturated heterocycles. The number of rotatable bonds is 4. The SMILES string of the molecule is C[C@H](Oc1ccc(Cl)cc1Br)C(=O)Nc1ccc2c(c1)OCCO2. The highest BCUT2D eigenvalue weighted by atomic mass is 79.9. The summed E-state index contributed by atoms with van der Waals surface area (Å²) in [6.45, 7) is 2.70. The summed E-state index contributed by atoms with van der Waals surface area (Å²) in [6, 6.07) is 10.4. The summed E-state index contributed by atoms with van der Waals surface area (Å²) in [5.74, 6) is 1.57. The molecule has 1 N–H and O–H groups in total. The Morgan fingerprint density at radius 3 is 2.71 bits per heavy atom. The molecule has 5 nitrogen and oxygen atoms in total. The highest BCUT2D eigenvalue weighted by Crippen LogP contribution is 2.33. The standard InChI is InChI=1S/C17H15BrClNO4/c1-10(24-14-4-2-11(19)8-13(14)18)17(21)20-12-3-5-15-16(9-12)23-7-6-22-15/h2-5,8-10H,6-7H2,1H3,(H,20,21)/t10-/m0/s1. The lowest BCUT2D eigenvalue weighted by molar-refractivity contribution is -0.122. The molecule has 2 aromatic rings. The van der Waals surface area contributed by atoms with Crippen LogP contribution in [0, 0.1) is 0 Å². The molecule has 0 aromatic heterocycles. The summed E-state index contributed by atoms with van der Waals surface area (Å²) in [7, 11) is 0. The molecule has 2 aromatic carbocycles. The molecular weight excluding hydrogens is 398 g/mol. The lowest BCUT2D eigenvalue weighted by Crippen LogP contribution is -2.30. The van der Waals surface area contributed by atoms with Crippen LogP contribution < -0.4 is 19.5 Å². The van der Waals surface area contributed by atoms with E-state index in [2.05, 4.69) is 21.2 Å². The van der Waals surface area contributed by atoms with Crippen molar-refractivity contribution in [3.8, 4) is 17.2 Å². The van der Waals surface area contributed by atoms with Gasteiger partial charge in [0.2, 0.25) is 0 Å². The summed E-state index contributed by atoms with van der Waals surface area (Å²) in [5.41, 5.74) is 0.620. The molecule has 0 saturated carbocycles. The maximum atomic E-state index is 12.3. The maximum Gasteiger partial charge on any atom is 0.265 e. The molecule has 0 fully saturated rings. The minimum atomic E-state index is -0.685. The van der Waals surface area contributed by atoms with Crippen LogP contribution in [0.2, 0.25) is 5.02 Å². The van der Waals surface area contributed by atoms with Crippen LogP contribution in [0.25, 0.3) is 0 Å². The Hall–Kier alpha value is -1.92. The van der Waals surface area contributed by atoms with Gasteiger partial charge in [0.05, 0.1) is 4.47 Å². The topological polar surface area (TPSA) is 56.8 Å². The van der Waals surface area contributed by atoms with E-state index in [1.165, 1.54) is 0 Å². The predicted molar refractivity (Wildman–Crippen MR) is 95.3 cm³/mol. The van der Waals surface area contributed by atoms with Crippen molar-refractivity contribution < 1.29 is 19.0 Å². The quantitative estimate of drug-likeness (QED) is 0.814. The molecule has 0 bridgehead atoms. The first-order chi connectivity index (χ1) is 11.5. The summed E-state index contributed by atoms with van der Waals surface area (Å²) in [6.07, 6.45) is -0.685. The van der Waals surface area contributed by atoms with Gasteiger partial charge in [-0.1, -0.05) is 11.6 Å². The van der Waals surface area contributed by atoms with Crippen molar-refractivity contribution in [2.24, 2.45) is 0 Å². The number of fused-ring (bicyclic) bond motifs is 1. The second-order valence-electron chi connectivity index (χ2n) is 5.18. The normalized spacial score (nSPS) is 14.0. The van der Waals surface area contributed by atoms with Crippen molar-refractivity contribution in [3.63, 3.8) is 0 Å². The average Bonchev–Trinajstić information content (AvgIpc) is 2.57. The number of carbonyl (C=O) groups is 1. The van der Waals surface area contributed by atoms with Crippen LogP contribution in [-0.4, -0.2) is 25.2 Å². The first kappa shape index (κ1) is 16.9. The second-order valence-corrected chi connectivity index (χ2v) is 6.47. The van der Waals surface area contributed by atoms with Crippen LogP contribution in [0.5, 0.6) is 17.2 Å². The van der Waals surface area contributed by atoms with E-state index in [0.29, 0.717) is 45.6 Å². The Kier molecular flexibility index (Phi) is 5.16. The summed E-state index contributed by atoms with van der Waals surface area (Å²) < 4.78 is 17.3. The number of amides is 1. The van der Waals surface area contributed by atoms with Crippen molar-refractivity contribution >= 4 is 39.1 Å². The van der Waals surface area contributed by atoms with Crippen LogP contribution in [0.1, 0.15) is 6.92 Å². The Morgan fingerprint density at radius 1 is 1.21 bits per heavy atom. The van der Waals surface area contributed by atoms with Gasteiger partial charge in [0.1, 0.15) is 19.0 Å². The molecule has 126 valence electrons. The number of halogens is 2. The first-order valence-corrected chi connectivity index (χ1v) is 8.52. The number of ether oxygens (including phenoxy) is 3. The molecule has 7 heteroatoms. The number of carbonyl (C=O) groups excluding carboxylic acids is 1. The van der Waals surface area contributed by atoms with Gasteiger partial charge in [0.25, 0.3) is 5.91 Å². The van der Waals surface area contributed by atoms with Crippen LogP contribution >= 0.6 is 27.5 Å². The van der Waals surface area contributed by atoms with E-state index in [1.54, 1.807) is 43.3 Å². The highest BCUT2D eigenvalue weighted by Gasteiger charge is 2.18. The van der Waals surface area contributed by atoms with Crippen molar-refractivity contribution in [1.29, 1.82) is 0 Å². The van der Waals surface area contributed by atoms with Crippen LogP contribution in [0.4, 0.5) is 5.69 Å². The van der Waals surface area contributed by atoms with E-state index in [1.807, 2.05) is 0 Å². The number of anilines is 1. The molecule has 1 atom stereocenters. The third-order valence-electron chi connectivity index (χ3n) is 3.38. The van der Waals surface area contributed by atoms with Crippen molar-refractivity contribution in [2.45, 2.75) is 13.0 Å². The van der Waals surface area contributed by atoms with E-state index in [9.17, 15) is 4.79 Å². The van der Waals surface area contributed by atoms with Crippen LogP contribution in [-0.2, 0) is 4.79 Å². The third-order valence-corrected chi connectivity index (χ3v) is 4.23. The van der Waals surface area contributed by atoms with Gasteiger partial charge in [0.15, 0.2) is 17.6 Å². The number of benzene rings is 2. The van der Waals surface area contributed by atoms with Gasteiger partial charge in [-0.3, -0.25) is 4.79 Å². The van der Waals surface area contributed by atoms with Gasteiger partial charge in [-0.25, -0.2) is 0 Å². The average molecular weight is 413 g/mol. The van der Waals surface area contributed by atoms with Gasteiger partial charge >= 0.3 is 0 Å². The Morgan fingerprint density at radius 2 is 1.96 bits per heavy atom. The summed E-state index contributed by atoms with van der Waals surface area (Å²) in [4.78, 5) is 12.3. The van der Waals surface area contributed by atoms with Gasteiger partial charge in [-0.05, 0) is 53.2 Å². The first-order valence-electron chi connectivity index (χ1n) is 7.35. The van der Waals surface area contributed by atoms with E-state index >= 15 is 0 Å². The second kappa shape index (κ2) is 7.32. The Bertz CT molecular complexity index is 768. The molecule has 0 spiro atoms. The summed E-state index contributed by atoms with van der Waals surface area (Å²) in [5, 5.41) is 3.39. The summed E-state index contributed by atoms with van der Waals surface area (Å²) >= 11 is 9.26. The van der Waals surface area contributed by atoms with Gasteiger partial charge in [-0.15, -0.1) is 0 Å². The smallest absolute Gasteiger partial charge is 0.265 e. The fourth-order valence-electron chi connectivity index (χ4n) is 2.18. The number of nitrogens with one attached hydrogen (secondary N) is 1. The third kappa shape index (κ3) is 3.94. The molecule has 0 aliphatic carbocycles. The molecule has 0 unspecified atom stereocenters. The predicted octanol–water partition coefficient (Wildman–Crippen LogP) is 4.28. The van der Waals surface area contributed by atoms with Crippen molar-refractivity contribution in [1.82, 2.24) is 0 Å².